The first kappa shape index (κ1) is 23.2. The van der Waals surface area contributed by atoms with Crippen LogP contribution >= 0.6 is 0 Å². The third-order valence-electron chi connectivity index (χ3n) is 5.25. The highest BCUT2D eigenvalue weighted by molar-refractivity contribution is 7.92. The molecule has 4 rings (SSSR count). The summed E-state index contributed by atoms with van der Waals surface area (Å²) in [5, 5.41) is 0.443. The van der Waals surface area contributed by atoms with Crippen LogP contribution in [0.3, 0.4) is 0 Å². The van der Waals surface area contributed by atoms with Gasteiger partial charge in [-0.25, -0.2) is 13.9 Å². The molecule has 0 unspecified atom stereocenters. The molecule has 34 heavy (non-hydrogen) atoms. The maximum absolute atomic E-state index is 13.7. The zero-order valence-electron chi connectivity index (χ0n) is 18.9. The van der Waals surface area contributed by atoms with Gasteiger partial charge >= 0.3 is 6.01 Å². The number of nitrogens with zero attached hydrogens (tertiary/aromatic N) is 3. The first-order chi connectivity index (χ1) is 16.3. The minimum absolute atomic E-state index is 0.00607. The second-order valence-electron chi connectivity index (χ2n) is 7.48. The van der Waals surface area contributed by atoms with Crippen LogP contribution in [0.1, 0.15) is 11.3 Å². The van der Waals surface area contributed by atoms with E-state index in [1.807, 2.05) is 6.92 Å². The highest BCUT2D eigenvalue weighted by atomic mass is 32.2. The lowest BCUT2D eigenvalue weighted by atomic mass is 10.0. The summed E-state index contributed by atoms with van der Waals surface area (Å²) in [5.74, 6) is -0.220. The number of nitrogens with one attached hydrogen (secondary N) is 1. The van der Waals surface area contributed by atoms with Crippen molar-refractivity contribution in [3.05, 3.63) is 78.3 Å². The van der Waals surface area contributed by atoms with Crippen LogP contribution in [-0.4, -0.2) is 37.3 Å². The van der Waals surface area contributed by atoms with Crippen molar-refractivity contribution in [3.63, 3.8) is 0 Å². The minimum atomic E-state index is -4.00. The average Bonchev–Trinajstić information content (AvgIpc) is 3.12. The summed E-state index contributed by atoms with van der Waals surface area (Å²) in [6.45, 7) is 5.69. The average molecular weight is 483 g/mol. The van der Waals surface area contributed by atoms with Crippen molar-refractivity contribution < 1.29 is 22.3 Å². The summed E-state index contributed by atoms with van der Waals surface area (Å²) in [6, 6.07) is 12.3. The molecule has 0 radical (unpaired) electrons. The SMILES string of the molecule is C=CCc1c(-c2ccc(F)cc2)c2c(OC)nc(OC)nc2n1NS(=O)(=O)c1ccc(C)cc1. The molecule has 2 aromatic carbocycles. The number of sulfonamides is 1. The van der Waals surface area contributed by atoms with Gasteiger partial charge in [0, 0.05) is 12.0 Å². The topological polar surface area (TPSA) is 95.3 Å². The number of aromatic nitrogens is 3. The molecule has 10 heteroatoms. The Morgan fingerprint density at radius 3 is 2.32 bits per heavy atom. The van der Waals surface area contributed by atoms with Gasteiger partial charge in [0.1, 0.15) is 5.82 Å². The van der Waals surface area contributed by atoms with E-state index in [9.17, 15) is 12.8 Å². The molecule has 0 aliphatic carbocycles. The molecule has 2 aromatic heterocycles. The molecule has 2 heterocycles. The Hall–Kier alpha value is -3.92. The number of benzene rings is 2. The second kappa shape index (κ2) is 9.14. The van der Waals surface area contributed by atoms with Crippen LogP contribution in [0.5, 0.6) is 11.9 Å². The summed E-state index contributed by atoms with van der Waals surface area (Å²) in [7, 11) is -1.16. The number of fused-ring (bicyclic) bond motifs is 1. The molecular formula is C24H23FN4O4S. The number of ether oxygens (including phenoxy) is 2. The second-order valence-corrected chi connectivity index (χ2v) is 9.14. The van der Waals surface area contributed by atoms with Gasteiger partial charge in [-0.15, -0.1) is 6.58 Å². The monoisotopic (exact) mass is 482 g/mol. The van der Waals surface area contributed by atoms with Gasteiger partial charge in [0.15, 0.2) is 5.65 Å². The number of hydrogen-bond donors (Lipinski definition) is 1. The van der Waals surface area contributed by atoms with Crippen LogP contribution in [0.25, 0.3) is 22.2 Å². The van der Waals surface area contributed by atoms with E-state index in [0.29, 0.717) is 22.2 Å². The zero-order chi connectivity index (χ0) is 24.5. The Balaban J connectivity index is 2.05. The van der Waals surface area contributed by atoms with Gasteiger partial charge < -0.3 is 9.47 Å². The summed E-state index contributed by atoms with van der Waals surface area (Å²) >= 11 is 0. The summed E-state index contributed by atoms with van der Waals surface area (Å²) in [5.41, 5.74) is 2.88. The molecule has 0 amide bonds. The molecule has 8 nitrogen and oxygen atoms in total. The third-order valence-corrected chi connectivity index (χ3v) is 6.56. The van der Waals surface area contributed by atoms with Gasteiger partial charge in [-0.2, -0.15) is 18.4 Å². The number of methoxy groups -OCH3 is 2. The summed E-state index contributed by atoms with van der Waals surface area (Å²) < 4.78 is 52.4. The molecule has 0 fully saturated rings. The molecular weight excluding hydrogens is 459 g/mol. The predicted octanol–water partition coefficient (Wildman–Crippen LogP) is 4.22. The van der Waals surface area contributed by atoms with E-state index in [4.69, 9.17) is 9.47 Å². The fraction of sp³-hybridized carbons (Fsp3) is 0.167. The van der Waals surface area contributed by atoms with Gasteiger partial charge in [0.25, 0.3) is 10.0 Å². The zero-order valence-corrected chi connectivity index (χ0v) is 19.7. The van der Waals surface area contributed by atoms with Gasteiger partial charge in [-0.1, -0.05) is 35.9 Å². The Bertz CT molecular complexity index is 1460. The number of allylic oxidation sites excluding steroid dienone is 1. The van der Waals surface area contributed by atoms with Crippen molar-refractivity contribution in [2.24, 2.45) is 0 Å². The van der Waals surface area contributed by atoms with Crippen molar-refractivity contribution >= 4 is 21.1 Å². The molecule has 0 aliphatic rings. The lowest BCUT2D eigenvalue weighted by Crippen LogP contribution is -2.25. The molecule has 0 spiro atoms. The Kier molecular flexibility index (Phi) is 6.25. The number of aryl methyl sites for hydroxylation is 1. The molecule has 4 aromatic rings. The quantitative estimate of drug-likeness (QED) is 0.378. The Morgan fingerprint density at radius 2 is 1.74 bits per heavy atom. The first-order valence-corrected chi connectivity index (χ1v) is 11.8. The molecule has 0 aliphatic heterocycles. The summed E-state index contributed by atoms with van der Waals surface area (Å²) in [4.78, 5) is 11.4. The normalized spacial score (nSPS) is 11.4. The van der Waals surface area contributed by atoms with Crippen LogP contribution in [0.4, 0.5) is 4.39 Å². The van der Waals surface area contributed by atoms with Gasteiger partial charge in [0.2, 0.25) is 5.88 Å². The Morgan fingerprint density at radius 1 is 1.06 bits per heavy atom. The van der Waals surface area contributed by atoms with Gasteiger partial charge in [-0.3, -0.25) is 0 Å². The van der Waals surface area contributed by atoms with Crippen molar-refractivity contribution in [3.8, 4) is 23.0 Å². The predicted molar refractivity (Wildman–Crippen MR) is 128 cm³/mol. The summed E-state index contributed by atoms with van der Waals surface area (Å²) in [6.07, 6.45) is 1.90. The first-order valence-electron chi connectivity index (χ1n) is 10.3. The largest absolute Gasteiger partial charge is 0.480 e. The van der Waals surface area contributed by atoms with E-state index in [2.05, 4.69) is 21.4 Å². The van der Waals surface area contributed by atoms with Crippen LogP contribution in [-0.2, 0) is 16.4 Å². The van der Waals surface area contributed by atoms with Gasteiger partial charge in [-0.05, 0) is 36.8 Å². The van der Waals surface area contributed by atoms with E-state index in [-0.39, 0.29) is 28.9 Å². The molecule has 0 saturated carbocycles. The number of halogens is 1. The maximum Gasteiger partial charge on any atom is 0.321 e. The van der Waals surface area contributed by atoms with Crippen molar-refractivity contribution in [2.45, 2.75) is 18.2 Å². The molecule has 1 N–H and O–H groups in total. The highest BCUT2D eigenvalue weighted by Gasteiger charge is 2.27. The molecule has 176 valence electrons. The fourth-order valence-electron chi connectivity index (χ4n) is 3.66. The van der Waals surface area contributed by atoms with Crippen molar-refractivity contribution in [1.29, 1.82) is 0 Å². The van der Waals surface area contributed by atoms with Crippen LogP contribution < -0.4 is 14.3 Å². The van der Waals surface area contributed by atoms with E-state index < -0.39 is 15.8 Å². The van der Waals surface area contributed by atoms with E-state index in [1.54, 1.807) is 30.3 Å². The molecule has 0 bridgehead atoms. The van der Waals surface area contributed by atoms with Gasteiger partial charge in [0.05, 0.1) is 30.2 Å². The van der Waals surface area contributed by atoms with Crippen LogP contribution in [0, 0.1) is 12.7 Å². The van der Waals surface area contributed by atoms with E-state index in [0.717, 1.165) is 5.56 Å². The van der Waals surface area contributed by atoms with Crippen molar-refractivity contribution in [1.82, 2.24) is 14.6 Å². The number of rotatable bonds is 8. The molecule has 0 atom stereocenters. The molecule has 0 saturated heterocycles. The van der Waals surface area contributed by atoms with E-state index in [1.165, 1.54) is 43.2 Å². The van der Waals surface area contributed by atoms with E-state index >= 15 is 0 Å². The maximum atomic E-state index is 13.7. The standard InChI is InChI=1S/C24H23FN4O4S/c1-5-6-19-20(16-9-11-17(25)12-10-16)21-22(26-24(33-4)27-23(21)32-3)29(19)28-34(30,31)18-13-7-15(2)8-14-18/h5,7-14,28H,1,6H2,2-4H3. The lowest BCUT2D eigenvalue weighted by Gasteiger charge is -2.14. The Labute approximate surface area is 196 Å². The third kappa shape index (κ3) is 4.19. The lowest BCUT2D eigenvalue weighted by molar-refractivity contribution is 0.356. The fourth-order valence-corrected chi connectivity index (χ4v) is 4.70. The number of hydrogen-bond acceptors (Lipinski definition) is 6. The smallest absolute Gasteiger partial charge is 0.321 e. The highest BCUT2D eigenvalue weighted by Crippen LogP contribution is 2.40. The van der Waals surface area contributed by atoms with Crippen LogP contribution in [0.2, 0.25) is 0 Å². The van der Waals surface area contributed by atoms with Crippen LogP contribution in [0.15, 0.2) is 66.1 Å². The minimum Gasteiger partial charge on any atom is -0.480 e. The van der Waals surface area contributed by atoms with Crippen molar-refractivity contribution in [2.75, 3.05) is 19.1 Å².